The lowest BCUT2D eigenvalue weighted by Gasteiger charge is -2.29. The van der Waals surface area contributed by atoms with E-state index in [1.54, 1.807) is 0 Å². The molecule has 1 saturated carbocycles. The van der Waals surface area contributed by atoms with Gasteiger partial charge in [0, 0.05) is 6.42 Å². The van der Waals surface area contributed by atoms with Crippen LogP contribution >= 0.6 is 0 Å². The molecule has 1 amide bonds. The van der Waals surface area contributed by atoms with Crippen LogP contribution in [-0.4, -0.2) is 5.91 Å². The predicted octanol–water partition coefficient (Wildman–Crippen LogP) is 4.01. The third-order valence-electron chi connectivity index (χ3n) is 4.15. The summed E-state index contributed by atoms with van der Waals surface area (Å²) in [6.45, 7) is 4.14. The summed E-state index contributed by atoms with van der Waals surface area (Å²) in [6.07, 6.45) is 7.06. The van der Waals surface area contributed by atoms with Crippen LogP contribution in [0.4, 0.5) is 0 Å². The van der Waals surface area contributed by atoms with Gasteiger partial charge in [0.2, 0.25) is 5.91 Å². The van der Waals surface area contributed by atoms with E-state index in [1.165, 1.54) is 32.1 Å². The lowest BCUT2D eigenvalue weighted by atomic mass is 9.86. The molecular formula is C17H25NO. The number of benzene rings is 1. The van der Waals surface area contributed by atoms with Crippen molar-refractivity contribution in [3.05, 3.63) is 35.9 Å². The van der Waals surface area contributed by atoms with Crippen molar-refractivity contribution < 1.29 is 4.79 Å². The number of carbonyl (C=O) groups excluding carboxylic acids is 1. The zero-order valence-corrected chi connectivity index (χ0v) is 12.1. The topological polar surface area (TPSA) is 29.1 Å². The van der Waals surface area contributed by atoms with Gasteiger partial charge in [0.05, 0.1) is 5.54 Å². The van der Waals surface area contributed by atoms with E-state index in [4.69, 9.17) is 0 Å². The normalized spacial score (nSPS) is 17.2. The molecule has 2 heteroatoms. The molecule has 0 bridgehead atoms. The van der Waals surface area contributed by atoms with Crippen LogP contribution < -0.4 is 5.32 Å². The first kappa shape index (κ1) is 14.1. The van der Waals surface area contributed by atoms with Gasteiger partial charge >= 0.3 is 0 Å². The summed E-state index contributed by atoms with van der Waals surface area (Å²) in [5, 5.41) is 3.18. The smallest absolute Gasteiger partial charge is 0.220 e. The minimum Gasteiger partial charge on any atom is -0.347 e. The minimum atomic E-state index is -0.285. The summed E-state index contributed by atoms with van der Waals surface area (Å²) in [5.74, 6) is 0.793. The predicted molar refractivity (Wildman–Crippen MR) is 78.8 cm³/mol. The fraction of sp³-hybridized carbons (Fsp3) is 0.588. The number of nitrogens with one attached hydrogen (secondary N) is 1. The third kappa shape index (κ3) is 4.09. The van der Waals surface area contributed by atoms with E-state index >= 15 is 0 Å². The Balaban J connectivity index is 1.90. The lowest BCUT2D eigenvalue weighted by Crippen LogP contribution is -2.41. The number of hydrogen-bond acceptors (Lipinski definition) is 1. The van der Waals surface area contributed by atoms with Gasteiger partial charge in [0.15, 0.2) is 0 Å². The van der Waals surface area contributed by atoms with Gasteiger partial charge in [-0.3, -0.25) is 4.79 Å². The maximum Gasteiger partial charge on any atom is 0.220 e. The Morgan fingerprint density at radius 2 is 1.79 bits per heavy atom. The highest BCUT2D eigenvalue weighted by atomic mass is 16.1. The molecule has 1 aliphatic carbocycles. The first-order chi connectivity index (χ1) is 9.08. The van der Waals surface area contributed by atoms with Crippen molar-refractivity contribution in [2.75, 3.05) is 0 Å². The van der Waals surface area contributed by atoms with Gasteiger partial charge in [-0.2, -0.15) is 0 Å². The van der Waals surface area contributed by atoms with Gasteiger partial charge in [-0.15, -0.1) is 0 Å². The van der Waals surface area contributed by atoms with Gasteiger partial charge in [0.1, 0.15) is 0 Å². The third-order valence-corrected chi connectivity index (χ3v) is 4.15. The molecule has 0 unspecified atom stereocenters. The van der Waals surface area contributed by atoms with Gasteiger partial charge in [-0.05, 0) is 38.2 Å². The van der Waals surface area contributed by atoms with Crippen molar-refractivity contribution >= 4 is 5.91 Å². The molecule has 0 heterocycles. The molecule has 19 heavy (non-hydrogen) atoms. The molecule has 0 aliphatic heterocycles. The highest BCUT2D eigenvalue weighted by Crippen LogP contribution is 2.27. The van der Waals surface area contributed by atoms with Gasteiger partial charge < -0.3 is 5.32 Å². The van der Waals surface area contributed by atoms with E-state index in [9.17, 15) is 4.79 Å². The quantitative estimate of drug-likeness (QED) is 0.869. The monoisotopic (exact) mass is 259 g/mol. The Morgan fingerprint density at radius 3 is 2.42 bits per heavy atom. The SMILES string of the molecule is CC(C)(NC(=O)CC1CCCCC1)c1ccccc1. The molecule has 1 fully saturated rings. The molecule has 104 valence electrons. The van der Waals surface area contributed by atoms with Crippen molar-refractivity contribution in [1.82, 2.24) is 5.32 Å². The molecule has 0 spiro atoms. The fourth-order valence-corrected chi connectivity index (χ4v) is 2.98. The van der Waals surface area contributed by atoms with E-state index in [-0.39, 0.29) is 11.4 Å². The number of rotatable bonds is 4. The fourth-order valence-electron chi connectivity index (χ4n) is 2.98. The molecule has 0 aromatic heterocycles. The van der Waals surface area contributed by atoms with Crippen LogP contribution in [0, 0.1) is 5.92 Å². The van der Waals surface area contributed by atoms with Crippen LogP contribution in [0.1, 0.15) is 57.9 Å². The zero-order valence-electron chi connectivity index (χ0n) is 12.1. The summed E-state index contributed by atoms with van der Waals surface area (Å²) in [6, 6.07) is 10.2. The highest BCUT2D eigenvalue weighted by molar-refractivity contribution is 5.77. The van der Waals surface area contributed by atoms with Crippen molar-refractivity contribution in [3.63, 3.8) is 0 Å². The van der Waals surface area contributed by atoms with Gasteiger partial charge in [-0.1, -0.05) is 49.6 Å². The van der Waals surface area contributed by atoms with Crippen molar-refractivity contribution in [3.8, 4) is 0 Å². The zero-order chi connectivity index (χ0) is 13.7. The molecule has 0 saturated heterocycles. The molecule has 2 rings (SSSR count). The van der Waals surface area contributed by atoms with E-state index in [0.29, 0.717) is 12.3 Å². The standard InChI is InChI=1S/C17H25NO/c1-17(2,15-11-7-4-8-12-15)18-16(19)13-14-9-5-3-6-10-14/h4,7-8,11-12,14H,3,5-6,9-10,13H2,1-2H3,(H,18,19). The number of amides is 1. The van der Waals surface area contributed by atoms with Gasteiger partial charge in [-0.25, -0.2) is 0 Å². The summed E-state index contributed by atoms with van der Waals surface area (Å²) in [4.78, 5) is 12.2. The Morgan fingerprint density at radius 1 is 1.16 bits per heavy atom. The maximum atomic E-state index is 12.2. The van der Waals surface area contributed by atoms with Crippen molar-refractivity contribution in [2.24, 2.45) is 5.92 Å². The van der Waals surface area contributed by atoms with E-state index in [0.717, 1.165) is 5.56 Å². The summed E-state index contributed by atoms with van der Waals surface area (Å²) < 4.78 is 0. The molecule has 2 nitrogen and oxygen atoms in total. The second kappa shape index (κ2) is 6.23. The largest absolute Gasteiger partial charge is 0.347 e. The van der Waals surface area contributed by atoms with Crippen LogP contribution in [0.2, 0.25) is 0 Å². The number of hydrogen-bond donors (Lipinski definition) is 1. The van der Waals surface area contributed by atoms with Gasteiger partial charge in [0.25, 0.3) is 0 Å². The first-order valence-electron chi connectivity index (χ1n) is 7.44. The summed E-state index contributed by atoms with van der Waals surface area (Å²) in [7, 11) is 0. The van der Waals surface area contributed by atoms with Crippen LogP contribution in [0.3, 0.4) is 0 Å². The molecule has 0 radical (unpaired) electrons. The average Bonchev–Trinajstić information content (AvgIpc) is 2.40. The minimum absolute atomic E-state index is 0.195. The maximum absolute atomic E-state index is 12.2. The van der Waals surface area contributed by atoms with E-state index in [1.807, 2.05) is 18.2 Å². The van der Waals surface area contributed by atoms with Crippen LogP contribution in [0.25, 0.3) is 0 Å². The average molecular weight is 259 g/mol. The first-order valence-corrected chi connectivity index (χ1v) is 7.44. The van der Waals surface area contributed by atoms with Crippen LogP contribution in [-0.2, 0) is 10.3 Å². The van der Waals surface area contributed by atoms with E-state index in [2.05, 4.69) is 31.3 Å². The molecule has 1 aliphatic rings. The Hall–Kier alpha value is -1.31. The van der Waals surface area contributed by atoms with Crippen LogP contribution in [0.15, 0.2) is 30.3 Å². The molecule has 1 aromatic rings. The van der Waals surface area contributed by atoms with Crippen molar-refractivity contribution in [2.45, 2.75) is 57.9 Å². The van der Waals surface area contributed by atoms with Crippen molar-refractivity contribution in [1.29, 1.82) is 0 Å². The number of carbonyl (C=O) groups is 1. The second-order valence-corrected chi connectivity index (χ2v) is 6.25. The second-order valence-electron chi connectivity index (χ2n) is 6.25. The lowest BCUT2D eigenvalue weighted by molar-refractivity contribution is -0.123. The molecular weight excluding hydrogens is 234 g/mol. The molecule has 1 N–H and O–H groups in total. The highest BCUT2D eigenvalue weighted by Gasteiger charge is 2.24. The van der Waals surface area contributed by atoms with Crippen LogP contribution in [0.5, 0.6) is 0 Å². The summed E-state index contributed by atoms with van der Waals surface area (Å²) in [5.41, 5.74) is 0.875. The Labute approximate surface area is 116 Å². The molecule has 0 atom stereocenters. The Bertz CT molecular complexity index is 405. The molecule has 1 aromatic carbocycles. The van der Waals surface area contributed by atoms with E-state index < -0.39 is 0 Å². The summed E-state index contributed by atoms with van der Waals surface area (Å²) >= 11 is 0. The Kier molecular flexibility index (Phi) is 4.62.